The molecule has 2 aromatic carbocycles. The first-order valence-electron chi connectivity index (χ1n) is 6.14. The summed E-state index contributed by atoms with van der Waals surface area (Å²) in [6.07, 6.45) is 0. The Hall–Kier alpha value is -1.91. The van der Waals surface area contributed by atoms with Gasteiger partial charge in [0.2, 0.25) is 0 Å². The molecule has 0 atom stereocenters. The summed E-state index contributed by atoms with van der Waals surface area (Å²) in [4.78, 5) is 12.3. The van der Waals surface area contributed by atoms with Crippen molar-refractivity contribution in [3.05, 3.63) is 64.4 Å². The highest BCUT2D eigenvalue weighted by atomic mass is 32.1. The van der Waals surface area contributed by atoms with Gasteiger partial charge in [-0.2, -0.15) is 0 Å². The quantitative estimate of drug-likeness (QED) is 0.794. The van der Waals surface area contributed by atoms with Gasteiger partial charge < -0.3 is 5.32 Å². The maximum absolute atomic E-state index is 12.3. The highest BCUT2D eigenvalue weighted by Gasteiger charge is 2.08. The number of hydrogen-bond acceptors (Lipinski definition) is 3. The van der Waals surface area contributed by atoms with Gasteiger partial charge in [-0.25, -0.2) is 3.96 Å². The van der Waals surface area contributed by atoms with E-state index in [2.05, 4.69) is 5.32 Å². The Morgan fingerprint density at radius 1 is 1.11 bits per heavy atom. The molecule has 3 rings (SSSR count). The fraction of sp³-hybridized carbons (Fsp3) is 0.133. The Morgan fingerprint density at radius 2 is 1.84 bits per heavy atom. The van der Waals surface area contributed by atoms with E-state index in [4.69, 9.17) is 0 Å². The van der Waals surface area contributed by atoms with E-state index in [1.807, 2.05) is 55.6 Å². The van der Waals surface area contributed by atoms with E-state index in [9.17, 15) is 4.79 Å². The average molecular weight is 270 g/mol. The molecule has 1 N–H and O–H groups in total. The van der Waals surface area contributed by atoms with Crippen molar-refractivity contribution in [2.45, 2.75) is 6.54 Å². The first kappa shape index (κ1) is 12.1. The summed E-state index contributed by atoms with van der Waals surface area (Å²) in [7, 11) is 1.92. The minimum atomic E-state index is 0.0574. The number of benzene rings is 2. The van der Waals surface area contributed by atoms with Gasteiger partial charge in [-0.15, -0.1) is 0 Å². The van der Waals surface area contributed by atoms with Gasteiger partial charge in [0.1, 0.15) is 0 Å². The average Bonchev–Trinajstić information content (AvgIpc) is 2.78. The minimum absolute atomic E-state index is 0.0574. The van der Waals surface area contributed by atoms with Gasteiger partial charge in [0.05, 0.1) is 15.8 Å². The van der Waals surface area contributed by atoms with Gasteiger partial charge in [0, 0.05) is 6.54 Å². The summed E-state index contributed by atoms with van der Waals surface area (Å²) < 4.78 is 2.76. The standard InChI is InChI=1S/C15H14N2OS/c1-16-10-11-6-8-12(9-7-11)17-15(18)13-4-2-3-5-14(13)19-17/h2-9,16H,10H2,1H3. The topological polar surface area (TPSA) is 34.0 Å². The van der Waals surface area contributed by atoms with E-state index >= 15 is 0 Å². The number of nitrogens with zero attached hydrogens (tertiary/aromatic N) is 1. The molecular formula is C15H14N2OS. The van der Waals surface area contributed by atoms with Crippen LogP contribution in [0.5, 0.6) is 0 Å². The summed E-state index contributed by atoms with van der Waals surface area (Å²) in [5.41, 5.74) is 2.19. The van der Waals surface area contributed by atoms with Gasteiger partial charge in [0.15, 0.2) is 0 Å². The van der Waals surface area contributed by atoms with Crippen molar-refractivity contribution in [1.82, 2.24) is 9.27 Å². The molecule has 4 heteroatoms. The second-order valence-electron chi connectivity index (χ2n) is 4.38. The zero-order valence-corrected chi connectivity index (χ0v) is 11.4. The summed E-state index contributed by atoms with van der Waals surface area (Å²) in [5.74, 6) is 0. The fourth-order valence-electron chi connectivity index (χ4n) is 2.10. The lowest BCUT2D eigenvalue weighted by Crippen LogP contribution is -2.11. The normalized spacial score (nSPS) is 11.0. The fourth-order valence-corrected chi connectivity index (χ4v) is 3.09. The second-order valence-corrected chi connectivity index (χ2v) is 5.37. The molecule has 0 unspecified atom stereocenters. The predicted molar refractivity (Wildman–Crippen MR) is 80.2 cm³/mol. The maximum atomic E-state index is 12.3. The molecule has 96 valence electrons. The lowest BCUT2D eigenvalue weighted by molar-refractivity contribution is 0.817. The van der Waals surface area contributed by atoms with Gasteiger partial charge >= 0.3 is 0 Å². The van der Waals surface area contributed by atoms with Gasteiger partial charge in [-0.1, -0.05) is 35.8 Å². The van der Waals surface area contributed by atoms with Crippen LogP contribution in [0.1, 0.15) is 5.56 Å². The van der Waals surface area contributed by atoms with Crippen molar-refractivity contribution in [2.24, 2.45) is 0 Å². The lowest BCUT2D eigenvalue weighted by atomic mass is 10.2. The van der Waals surface area contributed by atoms with Crippen LogP contribution in [0.3, 0.4) is 0 Å². The Morgan fingerprint density at radius 3 is 2.53 bits per heavy atom. The SMILES string of the molecule is CNCc1ccc(-n2sc3ccccc3c2=O)cc1. The van der Waals surface area contributed by atoms with E-state index in [-0.39, 0.29) is 5.56 Å². The third-order valence-electron chi connectivity index (χ3n) is 3.04. The Kier molecular flexibility index (Phi) is 3.19. The molecule has 1 heterocycles. The van der Waals surface area contributed by atoms with E-state index in [1.54, 1.807) is 3.96 Å². The molecule has 0 aliphatic carbocycles. The molecule has 0 aliphatic heterocycles. The van der Waals surface area contributed by atoms with Crippen molar-refractivity contribution in [3.8, 4) is 5.69 Å². The highest BCUT2D eigenvalue weighted by molar-refractivity contribution is 7.14. The van der Waals surface area contributed by atoms with Crippen LogP contribution in [0, 0.1) is 0 Å². The molecule has 3 nitrogen and oxygen atoms in total. The predicted octanol–water partition coefficient (Wildman–Crippen LogP) is 2.77. The summed E-state index contributed by atoms with van der Waals surface area (Å²) in [6.45, 7) is 0.835. The highest BCUT2D eigenvalue weighted by Crippen LogP contribution is 2.19. The molecule has 0 fully saturated rings. The zero-order chi connectivity index (χ0) is 13.2. The lowest BCUT2D eigenvalue weighted by Gasteiger charge is -2.03. The number of nitrogens with one attached hydrogen (secondary N) is 1. The number of rotatable bonds is 3. The van der Waals surface area contributed by atoms with Crippen molar-refractivity contribution in [3.63, 3.8) is 0 Å². The zero-order valence-electron chi connectivity index (χ0n) is 10.6. The van der Waals surface area contributed by atoms with Crippen LogP contribution in [0.4, 0.5) is 0 Å². The van der Waals surface area contributed by atoms with Gasteiger partial charge in [-0.05, 0) is 36.9 Å². The molecule has 0 saturated carbocycles. The van der Waals surface area contributed by atoms with Crippen LogP contribution in [0.25, 0.3) is 15.8 Å². The summed E-state index contributed by atoms with van der Waals surface area (Å²) in [5, 5.41) is 3.89. The molecule has 3 aromatic rings. The smallest absolute Gasteiger partial charge is 0.273 e. The van der Waals surface area contributed by atoms with E-state index in [0.717, 1.165) is 22.3 Å². The minimum Gasteiger partial charge on any atom is -0.316 e. The molecule has 0 radical (unpaired) electrons. The molecule has 0 bridgehead atoms. The molecule has 0 saturated heterocycles. The Balaban J connectivity index is 2.09. The second kappa shape index (κ2) is 4.99. The summed E-state index contributed by atoms with van der Waals surface area (Å²) in [6, 6.07) is 15.8. The molecule has 0 amide bonds. The number of hydrogen-bond donors (Lipinski definition) is 1. The van der Waals surface area contributed by atoms with E-state index < -0.39 is 0 Å². The molecular weight excluding hydrogens is 256 g/mol. The molecule has 0 aliphatic rings. The number of fused-ring (bicyclic) bond motifs is 1. The molecule has 19 heavy (non-hydrogen) atoms. The van der Waals surface area contributed by atoms with Crippen LogP contribution in [0.2, 0.25) is 0 Å². The van der Waals surface area contributed by atoms with Crippen LogP contribution < -0.4 is 10.9 Å². The third kappa shape index (κ3) is 2.20. The van der Waals surface area contributed by atoms with Crippen LogP contribution in [-0.4, -0.2) is 11.0 Å². The number of aromatic nitrogens is 1. The first-order valence-corrected chi connectivity index (χ1v) is 6.92. The van der Waals surface area contributed by atoms with Crippen LogP contribution in [-0.2, 0) is 6.54 Å². The third-order valence-corrected chi connectivity index (χ3v) is 4.16. The molecule has 1 aromatic heterocycles. The largest absolute Gasteiger partial charge is 0.316 e. The van der Waals surface area contributed by atoms with E-state index in [1.165, 1.54) is 17.1 Å². The van der Waals surface area contributed by atoms with Crippen LogP contribution in [0.15, 0.2) is 53.3 Å². The monoisotopic (exact) mass is 270 g/mol. The maximum Gasteiger partial charge on any atom is 0.273 e. The van der Waals surface area contributed by atoms with Crippen LogP contribution >= 0.6 is 11.5 Å². The van der Waals surface area contributed by atoms with Crippen molar-refractivity contribution >= 4 is 21.6 Å². The Labute approximate surface area is 115 Å². The Bertz CT molecular complexity index is 756. The van der Waals surface area contributed by atoms with Crippen molar-refractivity contribution in [2.75, 3.05) is 7.05 Å². The van der Waals surface area contributed by atoms with Crippen molar-refractivity contribution < 1.29 is 0 Å². The summed E-state index contributed by atoms with van der Waals surface area (Å²) >= 11 is 1.48. The van der Waals surface area contributed by atoms with E-state index in [0.29, 0.717) is 0 Å². The first-order chi connectivity index (χ1) is 9.29. The van der Waals surface area contributed by atoms with Gasteiger partial charge in [-0.3, -0.25) is 4.79 Å². The van der Waals surface area contributed by atoms with Gasteiger partial charge in [0.25, 0.3) is 5.56 Å². The van der Waals surface area contributed by atoms with Crippen molar-refractivity contribution in [1.29, 1.82) is 0 Å². The molecule has 0 spiro atoms.